The predicted octanol–water partition coefficient (Wildman–Crippen LogP) is 1.38. The summed E-state index contributed by atoms with van der Waals surface area (Å²) in [5.74, 6) is 0.0807. The van der Waals surface area contributed by atoms with Gasteiger partial charge in [-0.15, -0.1) is 0 Å². The second-order valence-corrected chi connectivity index (χ2v) is 6.39. The van der Waals surface area contributed by atoms with Crippen molar-refractivity contribution >= 4 is 11.8 Å². The molecule has 1 atom stereocenters. The molecule has 5 heteroatoms. The lowest BCUT2D eigenvalue weighted by atomic mass is 9.98. The first kappa shape index (κ1) is 16.3. The van der Waals surface area contributed by atoms with Crippen LogP contribution in [0.3, 0.4) is 0 Å². The fourth-order valence-corrected chi connectivity index (χ4v) is 3.32. The number of amides is 2. The molecule has 2 aliphatic heterocycles. The maximum Gasteiger partial charge on any atom is 0.241 e. The largest absolute Gasteiger partial charge is 0.347 e. The highest BCUT2D eigenvalue weighted by molar-refractivity contribution is 5.84. The van der Waals surface area contributed by atoms with Crippen LogP contribution >= 0.6 is 0 Å². The van der Waals surface area contributed by atoms with Gasteiger partial charge in [-0.3, -0.25) is 9.59 Å². The van der Waals surface area contributed by atoms with Crippen LogP contribution in [-0.2, 0) is 9.59 Å². The number of carbonyl (C=O) groups is 2. The van der Waals surface area contributed by atoms with Crippen molar-refractivity contribution in [3.8, 4) is 0 Å². The van der Waals surface area contributed by atoms with E-state index >= 15 is 0 Å². The standard InChI is InChI=1S/C16H29N3O2/c1-18-10-6-3-7-14(18)8-9-15(20)17-13-16(21)19-11-4-2-5-12-19/h14H,2-13H2,1H3,(H,17,20). The number of rotatable bonds is 5. The molecule has 21 heavy (non-hydrogen) atoms. The van der Waals surface area contributed by atoms with Crippen molar-refractivity contribution < 1.29 is 9.59 Å². The van der Waals surface area contributed by atoms with E-state index in [0.717, 1.165) is 38.9 Å². The van der Waals surface area contributed by atoms with Gasteiger partial charge in [0.15, 0.2) is 0 Å². The molecule has 0 aromatic rings. The highest BCUT2D eigenvalue weighted by atomic mass is 16.2. The molecule has 120 valence electrons. The Morgan fingerprint density at radius 2 is 1.76 bits per heavy atom. The van der Waals surface area contributed by atoms with Gasteiger partial charge in [0, 0.05) is 25.6 Å². The predicted molar refractivity (Wildman–Crippen MR) is 82.9 cm³/mol. The minimum atomic E-state index is 0.0133. The van der Waals surface area contributed by atoms with E-state index in [9.17, 15) is 9.59 Å². The van der Waals surface area contributed by atoms with Crippen LogP contribution in [0.1, 0.15) is 51.4 Å². The van der Waals surface area contributed by atoms with Gasteiger partial charge < -0.3 is 15.1 Å². The average Bonchev–Trinajstić information content (AvgIpc) is 2.52. The topological polar surface area (TPSA) is 52.7 Å². The van der Waals surface area contributed by atoms with Crippen molar-refractivity contribution in [2.45, 2.75) is 57.4 Å². The third kappa shape index (κ3) is 5.30. The molecule has 0 spiro atoms. The van der Waals surface area contributed by atoms with Crippen molar-refractivity contribution in [2.24, 2.45) is 0 Å². The van der Waals surface area contributed by atoms with Gasteiger partial charge >= 0.3 is 0 Å². The van der Waals surface area contributed by atoms with Crippen LogP contribution in [-0.4, -0.2) is 60.9 Å². The fraction of sp³-hybridized carbons (Fsp3) is 0.875. The lowest BCUT2D eigenvalue weighted by molar-refractivity contribution is -0.133. The van der Waals surface area contributed by atoms with Crippen LogP contribution in [0.2, 0.25) is 0 Å². The summed E-state index contributed by atoms with van der Waals surface area (Å²) >= 11 is 0. The normalized spacial score (nSPS) is 23.9. The molecule has 2 aliphatic rings. The van der Waals surface area contributed by atoms with Gasteiger partial charge in [-0.25, -0.2) is 0 Å². The molecule has 2 saturated heterocycles. The van der Waals surface area contributed by atoms with Crippen LogP contribution in [0, 0.1) is 0 Å². The van der Waals surface area contributed by atoms with Crippen molar-refractivity contribution in [2.75, 3.05) is 33.2 Å². The second kappa shape index (κ2) is 8.37. The molecule has 5 nitrogen and oxygen atoms in total. The van der Waals surface area contributed by atoms with Gasteiger partial charge in [0.1, 0.15) is 0 Å². The van der Waals surface area contributed by atoms with Crippen LogP contribution in [0.15, 0.2) is 0 Å². The lowest BCUT2D eigenvalue weighted by Gasteiger charge is -2.32. The second-order valence-electron chi connectivity index (χ2n) is 6.39. The van der Waals surface area contributed by atoms with E-state index < -0.39 is 0 Å². The van der Waals surface area contributed by atoms with Crippen molar-refractivity contribution in [3.63, 3.8) is 0 Å². The Hall–Kier alpha value is -1.10. The van der Waals surface area contributed by atoms with E-state index in [1.165, 1.54) is 25.7 Å². The van der Waals surface area contributed by atoms with Gasteiger partial charge in [0.2, 0.25) is 11.8 Å². The number of hydrogen-bond acceptors (Lipinski definition) is 3. The number of carbonyl (C=O) groups excluding carboxylic acids is 2. The summed E-state index contributed by atoms with van der Waals surface area (Å²) < 4.78 is 0. The Balaban J connectivity index is 1.61. The first-order chi connectivity index (χ1) is 10.2. The van der Waals surface area contributed by atoms with Crippen molar-refractivity contribution in [1.29, 1.82) is 0 Å². The van der Waals surface area contributed by atoms with Crippen LogP contribution < -0.4 is 5.32 Å². The summed E-state index contributed by atoms with van der Waals surface area (Å²) in [5, 5.41) is 2.79. The maximum absolute atomic E-state index is 12.0. The van der Waals surface area contributed by atoms with Crippen LogP contribution in [0.5, 0.6) is 0 Å². The SMILES string of the molecule is CN1CCCCC1CCC(=O)NCC(=O)N1CCCCC1. The molecular formula is C16H29N3O2. The number of piperidine rings is 2. The number of nitrogens with zero attached hydrogens (tertiary/aromatic N) is 2. The summed E-state index contributed by atoms with van der Waals surface area (Å²) in [7, 11) is 2.14. The molecule has 0 bridgehead atoms. The molecule has 1 N–H and O–H groups in total. The van der Waals surface area contributed by atoms with Gasteiger partial charge in [0.05, 0.1) is 6.54 Å². The summed E-state index contributed by atoms with van der Waals surface area (Å²) in [5.41, 5.74) is 0. The molecule has 2 amide bonds. The number of hydrogen-bond donors (Lipinski definition) is 1. The fourth-order valence-electron chi connectivity index (χ4n) is 3.32. The van der Waals surface area contributed by atoms with E-state index in [1.807, 2.05) is 4.90 Å². The molecule has 1 unspecified atom stereocenters. The zero-order valence-corrected chi connectivity index (χ0v) is 13.3. The number of likely N-dealkylation sites (tertiary alicyclic amines) is 2. The summed E-state index contributed by atoms with van der Waals surface area (Å²) in [6.07, 6.45) is 8.55. The van der Waals surface area contributed by atoms with Crippen LogP contribution in [0.4, 0.5) is 0 Å². The minimum Gasteiger partial charge on any atom is -0.347 e. The first-order valence-electron chi connectivity index (χ1n) is 8.41. The molecule has 0 radical (unpaired) electrons. The number of nitrogens with one attached hydrogen (secondary N) is 1. The molecule has 0 aromatic heterocycles. The summed E-state index contributed by atoms with van der Waals surface area (Å²) in [6.45, 7) is 3.00. The zero-order chi connectivity index (χ0) is 15.1. The zero-order valence-electron chi connectivity index (χ0n) is 13.3. The van der Waals surface area contributed by atoms with Gasteiger partial charge in [-0.2, -0.15) is 0 Å². The van der Waals surface area contributed by atoms with Gasteiger partial charge in [-0.05, 0) is 52.1 Å². The quantitative estimate of drug-likeness (QED) is 0.833. The van der Waals surface area contributed by atoms with E-state index in [-0.39, 0.29) is 18.4 Å². The molecule has 0 aromatic carbocycles. The molecular weight excluding hydrogens is 266 g/mol. The Labute approximate surface area is 128 Å². The molecule has 0 saturated carbocycles. The highest BCUT2D eigenvalue weighted by Gasteiger charge is 2.20. The van der Waals surface area contributed by atoms with Crippen LogP contribution in [0.25, 0.3) is 0 Å². The Morgan fingerprint density at radius 3 is 2.48 bits per heavy atom. The average molecular weight is 295 g/mol. The maximum atomic E-state index is 12.0. The smallest absolute Gasteiger partial charge is 0.241 e. The first-order valence-corrected chi connectivity index (χ1v) is 8.41. The Bertz CT molecular complexity index is 353. The molecule has 2 fully saturated rings. The monoisotopic (exact) mass is 295 g/mol. The molecule has 2 heterocycles. The molecule has 0 aliphatic carbocycles. The lowest BCUT2D eigenvalue weighted by Crippen LogP contribution is -2.43. The van der Waals surface area contributed by atoms with E-state index in [2.05, 4.69) is 17.3 Å². The van der Waals surface area contributed by atoms with E-state index in [4.69, 9.17) is 0 Å². The van der Waals surface area contributed by atoms with E-state index in [0.29, 0.717) is 12.5 Å². The highest BCUT2D eigenvalue weighted by Crippen LogP contribution is 2.18. The summed E-state index contributed by atoms with van der Waals surface area (Å²) in [6, 6.07) is 0.530. The Kier molecular flexibility index (Phi) is 6.49. The summed E-state index contributed by atoms with van der Waals surface area (Å²) in [4.78, 5) is 28.1. The van der Waals surface area contributed by atoms with Gasteiger partial charge in [0.25, 0.3) is 0 Å². The molecule has 2 rings (SSSR count). The Morgan fingerprint density at radius 1 is 1.05 bits per heavy atom. The van der Waals surface area contributed by atoms with E-state index in [1.54, 1.807) is 0 Å². The third-order valence-electron chi connectivity index (χ3n) is 4.77. The van der Waals surface area contributed by atoms with Crippen molar-refractivity contribution in [3.05, 3.63) is 0 Å². The van der Waals surface area contributed by atoms with Crippen molar-refractivity contribution in [1.82, 2.24) is 15.1 Å². The minimum absolute atomic E-state index is 0.0133. The third-order valence-corrected chi connectivity index (χ3v) is 4.77. The van der Waals surface area contributed by atoms with Gasteiger partial charge in [-0.1, -0.05) is 6.42 Å².